The third kappa shape index (κ3) is 1.82. The highest BCUT2D eigenvalue weighted by atomic mass is 32.2. The second kappa shape index (κ2) is 2.60. The highest BCUT2D eigenvalue weighted by Gasteiger charge is 1.96. The molecule has 1 unspecified atom stereocenters. The molecule has 0 bridgehead atoms. The average molecular weight is 148 g/mol. The van der Waals surface area contributed by atoms with Crippen molar-refractivity contribution >= 4 is 11.4 Å². The maximum atomic E-state index is 9.91. The first-order chi connectivity index (χ1) is 4.29. The van der Waals surface area contributed by atoms with Crippen molar-refractivity contribution in [2.24, 2.45) is 0 Å². The molecule has 5 nitrogen and oxygen atoms in total. The Morgan fingerprint density at radius 1 is 1.89 bits per heavy atom. The van der Waals surface area contributed by atoms with Crippen LogP contribution in [-0.4, -0.2) is 18.7 Å². The van der Waals surface area contributed by atoms with E-state index in [0.717, 1.165) is 0 Å². The molecule has 1 atom stereocenters. The van der Waals surface area contributed by atoms with E-state index in [0.29, 0.717) is 0 Å². The molecule has 2 N–H and O–H groups in total. The smallest absolute Gasteiger partial charge is 0.359 e. The fraction of sp³-hybridized carbons (Fsp3) is 0. The Hall–Kier alpha value is -0.880. The molecule has 0 amide bonds. The number of H-pyrrole nitrogens is 1. The summed E-state index contributed by atoms with van der Waals surface area (Å²) in [5, 5.41) is 0. The molecule has 1 aromatic rings. The molecule has 1 rings (SSSR count). The lowest BCUT2D eigenvalue weighted by atomic mass is 10.9. The molecule has 9 heavy (non-hydrogen) atoms. The number of imidazole rings is 1. The topological polar surface area (TPSA) is 75.2 Å². The van der Waals surface area contributed by atoms with Crippen molar-refractivity contribution in [3.05, 3.63) is 12.5 Å². The lowest BCUT2D eigenvalue weighted by Crippen LogP contribution is -1.96. The predicted octanol–water partition coefficient (Wildman–Crippen LogP) is -0.0748. The minimum absolute atomic E-state index is 0.177. The lowest BCUT2D eigenvalue weighted by molar-refractivity contribution is 0.451. The summed E-state index contributed by atoms with van der Waals surface area (Å²) in [7, 11) is 0. The molecule has 0 aliphatic heterocycles. The minimum Gasteiger partial charge on any atom is -0.360 e. The van der Waals surface area contributed by atoms with Crippen LogP contribution in [0.25, 0.3) is 0 Å². The van der Waals surface area contributed by atoms with Crippen molar-refractivity contribution in [2.75, 3.05) is 0 Å². The SMILES string of the molecule is O=S(O)Oc1cnc[nH]1. The third-order valence-electron chi connectivity index (χ3n) is 0.634. The van der Waals surface area contributed by atoms with Gasteiger partial charge in [0.15, 0.2) is 0 Å². The van der Waals surface area contributed by atoms with Gasteiger partial charge in [0.25, 0.3) is 0 Å². The van der Waals surface area contributed by atoms with Crippen LogP contribution in [0.1, 0.15) is 0 Å². The van der Waals surface area contributed by atoms with E-state index in [1.165, 1.54) is 12.5 Å². The standard InChI is InChI=1S/C3H4N2O3S/c6-9(7)8-3-1-4-2-5-3/h1-2H,(H,4,5)(H,6,7). The number of aromatic nitrogens is 2. The van der Waals surface area contributed by atoms with Gasteiger partial charge in [-0.3, -0.25) is 4.55 Å². The number of nitrogens with zero attached hydrogens (tertiary/aromatic N) is 1. The van der Waals surface area contributed by atoms with Gasteiger partial charge in [0.2, 0.25) is 5.88 Å². The maximum absolute atomic E-state index is 9.91. The van der Waals surface area contributed by atoms with Crippen LogP contribution in [0.3, 0.4) is 0 Å². The van der Waals surface area contributed by atoms with E-state index in [9.17, 15) is 4.21 Å². The second-order valence-corrected chi connectivity index (χ2v) is 1.82. The Balaban J connectivity index is 2.58. The van der Waals surface area contributed by atoms with Crippen LogP contribution in [0.4, 0.5) is 0 Å². The van der Waals surface area contributed by atoms with Gasteiger partial charge in [-0.15, -0.1) is 0 Å². The van der Waals surface area contributed by atoms with Gasteiger partial charge in [-0.2, -0.15) is 4.21 Å². The number of hydrogen-bond acceptors (Lipinski definition) is 3. The first kappa shape index (κ1) is 6.24. The molecule has 0 saturated carbocycles. The molecule has 1 heterocycles. The van der Waals surface area contributed by atoms with Gasteiger partial charge < -0.3 is 9.17 Å². The zero-order valence-corrected chi connectivity index (χ0v) is 5.09. The number of nitrogens with one attached hydrogen (secondary N) is 1. The minimum atomic E-state index is -2.27. The molecule has 1 aromatic heterocycles. The molecule has 50 valence electrons. The van der Waals surface area contributed by atoms with Gasteiger partial charge in [0.05, 0.1) is 12.5 Å². The highest BCUT2D eigenvalue weighted by molar-refractivity contribution is 7.74. The van der Waals surface area contributed by atoms with Crippen molar-refractivity contribution in [1.82, 2.24) is 9.97 Å². The van der Waals surface area contributed by atoms with Gasteiger partial charge in [-0.25, -0.2) is 4.98 Å². The van der Waals surface area contributed by atoms with Gasteiger partial charge in [0, 0.05) is 0 Å². The summed E-state index contributed by atoms with van der Waals surface area (Å²) in [6.07, 6.45) is 2.65. The van der Waals surface area contributed by atoms with Gasteiger partial charge in [-0.1, -0.05) is 0 Å². The average Bonchev–Trinajstić information content (AvgIpc) is 2.15. The second-order valence-electron chi connectivity index (χ2n) is 1.22. The van der Waals surface area contributed by atoms with E-state index in [1.54, 1.807) is 0 Å². The molecule has 0 fully saturated rings. The number of hydrogen-bond donors (Lipinski definition) is 2. The Morgan fingerprint density at radius 2 is 2.67 bits per heavy atom. The van der Waals surface area contributed by atoms with Gasteiger partial charge in [-0.05, 0) is 0 Å². The van der Waals surface area contributed by atoms with Crippen molar-refractivity contribution in [2.45, 2.75) is 0 Å². The Labute approximate surface area is 53.6 Å². The summed E-state index contributed by atoms with van der Waals surface area (Å²) < 4.78 is 22.3. The van der Waals surface area contributed by atoms with Crippen molar-refractivity contribution in [1.29, 1.82) is 0 Å². The van der Waals surface area contributed by atoms with Crippen molar-refractivity contribution < 1.29 is 12.9 Å². The monoisotopic (exact) mass is 148 g/mol. The molecular formula is C3H4N2O3S. The van der Waals surface area contributed by atoms with E-state index in [-0.39, 0.29) is 5.88 Å². The molecule has 0 spiro atoms. The van der Waals surface area contributed by atoms with Crippen LogP contribution in [0.15, 0.2) is 12.5 Å². The number of rotatable bonds is 2. The maximum Gasteiger partial charge on any atom is 0.359 e. The van der Waals surface area contributed by atoms with Gasteiger partial charge in [0.1, 0.15) is 0 Å². The van der Waals surface area contributed by atoms with Crippen molar-refractivity contribution in [3.8, 4) is 5.88 Å². The summed E-state index contributed by atoms with van der Waals surface area (Å²) in [5.41, 5.74) is 0. The normalized spacial score (nSPS) is 13.0. The summed E-state index contributed by atoms with van der Waals surface area (Å²) in [5.74, 6) is 0.177. The fourth-order valence-electron chi connectivity index (χ4n) is 0.365. The zero-order chi connectivity index (χ0) is 6.69. The highest BCUT2D eigenvalue weighted by Crippen LogP contribution is 2.01. The summed E-state index contributed by atoms with van der Waals surface area (Å²) in [4.78, 5) is 6.03. The van der Waals surface area contributed by atoms with E-state index >= 15 is 0 Å². The van der Waals surface area contributed by atoms with E-state index in [2.05, 4.69) is 14.2 Å². The van der Waals surface area contributed by atoms with Crippen LogP contribution in [-0.2, 0) is 11.4 Å². The molecule has 0 aliphatic rings. The van der Waals surface area contributed by atoms with E-state index in [4.69, 9.17) is 4.55 Å². The Morgan fingerprint density at radius 3 is 3.11 bits per heavy atom. The third-order valence-corrected chi connectivity index (χ3v) is 0.956. The predicted molar refractivity (Wildman–Crippen MR) is 30.0 cm³/mol. The summed E-state index contributed by atoms with van der Waals surface area (Å²) >= 11 is -2.27. The lowest BCUT2D eigenvalue weighted by Gasteiger charge is -1.90. The van der Waals surface area contributed by atoms with Crippen LogP contribution >= 0.6 is 0 Å². The molecular weight excluding hydrogens is 144 g/mol. The van der Waals surface area contributed by atoms with E-state index in [1.807, 2.05) is 0 Å². The fourth-order valence-corrected chi connectivity index (χ4v) is 0.610. The zero-order valence-electron chi connectivity index (χ0n) is 4.27. The van der Waals surface area contributed by atoms with Crippen LogP contribution in [0.5, 0.6) is 5.88 Å². The first-order valence-corrected chi connectivity index (χ1v) is 3.10. The first-order valence-electron chi connectivity index (χ1n) is 2.06. The van der Waals surface area contributed by atoms with Gasteiger partial charge >= 0.3 is 11.4 Å². The summed E-state index contributed by atoms with van der Waals surface area (Å²) in [6.45, 7) is 0. The van der Waals surface area contributed by atoms with Crippen LogP contribution in [0.2, 0.25) is 0 Å². The van der Waals surface area contributed by atoms with Crippen LogP contribution < -0.4 is 4.18 Å². The molecule has 0 aromatic carbocycles. The Kier molecular flexibility index (Phi) is 1.81. The molecule has 0 radical (unpaired) electrons. The molecule has 6 heteroatoms. The van der Waals surface area contributed by atoms with Crippen LogP contribution in [0, 0.1) is 0 Å². The molecule has 0 saturated heterocycles. The quantitative estimate of drug-likeness (QED) is 0.575. The summed E-state index contributed by atoms with van der Waals surface area (Å²) in [6, 6.07) is 0. The number of aromatic amines is 1. The van der Waals surface area contributed by atoms with Crippen molar-refractivity contribution in [3.63, 3.8) is 0 Å². The molecule has 0 aliphatic carbocycles. The largest absolute Gasteiger partial charge is 0.360 e. The van der Waals surface area contributed by atoms with E-state index < -0.39 is 11.4 Å². The Bertz CT molecular complexity index is 197.